The monoisotopic (exact) mass is 366 g/mol. The van der Waals surface area contributed by atoms with Gasteiger partial charge in [-0.2, -0.15) is 0 Å². The van der Waals surface area contributed by atoms with Crippen LogP contribution in [-0.4, -0.2) is 22.4 Å². The van der Waals surface area contributed by atoms with Gasteiger partial charge in [0.05, 0.1) is 5.52 Å². The molecule has 140 valence electrons. The number of aromatic nitrogens is 1. The van der Waals surface area contributed by atoms with Crippen molar-refractivity contribution >= 4 is 5.52 Å². The van der Waals surface area contributed by atoms with Gasteiger partial charge in [-0.25, -0.2) is 0 Å². The summed E-state index contributed by atoms with van der Waals surface area (Å²) in [7, 11) is 0. The molecule has 0 unspecified atom stereocenters. The Kier molecular flexibility index (Phi) is 4.72. The van der Waals surface area contributed by atoms with Crippen molar-refractivity contribution < 1.29 is 0 Å². The van der Waals surface area contributed by atoms with Crippen molar-refractivity contribution in [2.24, 2.45) is 0 Å². The molecule has 0 saturated carbocycles. The van der Waals surface area contributed by atoms with Crippen LogP contribution in [0, 0.1) is 0 Å². The van der Waals surface area contributed by atoms with E-state index in [1.54, 1.807) is 0 Å². The van der Waals surface area contributed by atoms with E-state index in [1.807, 2.05) is 0 Å². The highest BCUT2D eigenvalue weighted by molar-refractivity contribution is 5.96. The summed E-state index contributed by atoms with van der Waals surface area (Å²) in [4.78, 5) is 2.62. The van der Waals surface area contributed by atoms with E-state index in [9.17, 15) is 0 Å². The van der Waals surface area contributed by atoms with Crippen molar-refractivity contribution in [3.8, 4) is 22.3 Å². The second-order valence-electron chi connectivity index (χ2n) is 7.72. The topological polar surface area (TPSA) is 7.65 Å². The third-order valence-corrected chi connectivity index (χ3v) is 5.89. The molecule has 3 heterocycles. The molecular weight excluding hydrogens is 340 g/mol. The quantitative estimate of drug-likeness (QED) is 0.414. The number of likely N-dealkylation sites (tertiary alicyclic amines) is 1. The van der Waals surface area contributed by atoms with Crippen molar-refractivity contribution in [3.05, 3.63) is 90.8 Å². The summed E-state index contributed by atoms with van der Waals surface area (Å²) >= 11 is 0. The maximum absolute atomic E-state index is 2.62. The molecule has 2 aromatic carbocycles. The van der Waals surface area contributed by atoms with Gasteiger partial charge in [0.2, 0.25) is 0 Å². The summed E-state index contributed by atoms with van der Waals surface area (Å²) in [6.07, 6.45) is 6.23. The minimum atomic E-state index is 1.00. The van der Waals surface area contributed by atoms with Crippen LogP contribution in [0.5, 0.6) is 0 Å². The number of piperidine rings is 1. The van der Waals surface area contributed by atoms with Gasteiger partial charge in [0.25, 0.3) is 0 Å². The molecule has 1 fully saturated rings. The van der Waals surface area contributed by atoms with Gasteiger partial charge in [-0.3, -0.25) is 4.90 Å². The average Bonchev–Trinajstić information content (AvgIpc) is 3.10. The molecule has 1 saturated heterocycles. The number of hydrogen-bond acceptors (Lipinski definition) is 1. The molecule has 1 aliphatic heterocycles. The summed E-state index contributed by atoms with van der Waals surface area (Å²) in [5.74, 6) is 0. The minimum absolute atomic E-state index is 1.00. The first kappa shape index (κ1) is 17.3. The van der Waals surface area contributed by atoms with Gasteiger partial charge in [0.1, 0.15) is 0 Å². The Morgan fingerprint density at radius 1 is 0.607 bits per heavy atom. The number of nitrogens with zero attached hydrogens (tertiary/aromatic N) is 2. The van der Waals surface area contributed by atoms with E-state index in [0.29, 0.717) is 0 Å². The smallest absolute Gasteiger partial charge is 0.0538 e. The Hall–Kier alpha value is -2.84. The molecule has 0 N–H and O–H groups in total. The molecule has 4 aromatic rings. The summed E-state index contributed by atoms with van der Waals surface area (Å²) in [5.41, 5.74) is 8.01. The van der Waals surface area contributed by atoms with E-state index in [1.165, 1.54) is 65.8 Å². The van der Waals surface area contributed by atoms with E-state index >= 15 is 0 Å². The normalized spacial score (nSPS) is 15.1. The number of pyridine rings is 1. The fourth-order valence-electron chi connectivity index (χ4n) is 4.57. The zero-order chi connectivity index (χ0) is 18.8. The van der Waals surface area contributed by atoms with Gasteiger partial charge in [-0.1, -0.05) is 73.2 Å². The zero-order valence-corrected chi connectivity index (χ0v) is 16.2. The van der Waals surface area contributed by atoms with Crippen LogP contribution in [0.25, 0.3) is 27.8 Å². The van der Waals surface area contributed by atoms with Crippen LogP contribution in [-0.2, 0) is 6.54 Å². The molecule has 2 nitrogen and oxygen atoms in total. The Bertz CT molecular complexity index is 1060. The number of benzene rings is 2. The highest BCUT2D eigenvalue weighted by atomic mass is 15.1. The van der Waals surface area contributed by atoms with E-state index in [2.05, 4.69) is 94.4 Å². The molecular formula is C26H26N2. The number of fused-ring (bicyclic) bond motifs is 1. The molecule has 0 aliphatic carbocycles. The van der Waals surface area contributed by atoms with Crippen molar-refractivity contribution in [2.75, 3.05) is 13.1 Å². The minimum Gasteiger partial charge on any atom is -0.318 e. The Morgan fingerprint density at radius 3 is 1.89 bits per heavy atom. The summed E-state index contributed by atoms with van der Waals surface area (Å²) in [6.45, 7) is 3.41. The Labute approximate surface area is 167 Å². The van der Waals surface area contributed by atoms with E-state index in [4.69, 9.17) is 0 Å². The van der Waals surface area contributed by atoms with Gasteiger partial charge >= 0.3 is 0 Å². The summed E-state index contributed by atoms with van der Waals surface area (Å²) in [5, 5.41) is 0. The average molecular weight is 367 g/mol. The van der Waals surface area contributed by atoms with Crippen LogP contribution in [0.15, 0.2) is 85.1 Å². The Morgan fingerprint density at radius 2 is 1.21 bits per heavy atom. The first-order valence-corrected chi connectivity index (χ1v) is 10.4. The lowest BCUT2D eigenvalue weighted by Gasteiger charge is -2.27. The highest BCUT2D eigenvalue weighted by Crippen LogP contribution is 2.40. The molecule has 0 atom stereocenters. The van der Waals surface area contributed by atoms with Crippen molar-refractivity contribution in [3.63, 3.8) is 0 Å². The molecule has 0 amide bonds. The predicted molar refractivity (Wildman–Crippen MR) is 117 cm³/mol. The van der Waals surface area contributed by atoms with Gasteiger partial charge < -0.3 is 4.40 Å². The fraction of sp³-hybridized carbons (Fsp3) is 0.231. The molecule has 0 radical (unpaired) electrons. The maximum atomic E-state index is 2.62. The zero-order valence-electron chi connectivity index (χ0n) is 16.2. The Balaban J connectivity index is 1.77. The molecule has 1 aliphatic rings. The molecule has 2 heteroatoms. The van der Waals surface area contributed by atoms with Crippen LogP contribution in [0.3, 0.4) is 0 Å². The standard InChI is InChI=1S/C26H26N2/c1-4-12-21(13-5-1)25-23-16-8-11-19-28(23)24(20-27-17-9-3-10-18-27)26(25)22-14-6-2-7-15-22/h1-2,4-8,11-16,19H,3,9-10,17-18,20H2. The molecule has 28 heavy (non-hydrogen) atoms. The van der Waals surface area contributed by atoms with Gasteiger partial charge in [0.15, 0.2) is 0 Å². The maximum Gasteiger partial charge on any atom is 0.0538 e. The van der Waals surface area contributed by atoms with Crippen molar-refractivity contribution in [2.45, 2.75) is 25.8 Å². The van der Waals surface area contributed by atoms with E-state index < -0.39 is 0 Å². The van der Waals surface area contributed by atoms with E-state index in [-0.39, 0.29) is 0 Å². The lowest BCUT2D eigenvalue weighted by molar-refractivity contribution is 0.218. The second kappa shape index (κ2) is 7.65. The first-order valence-electron chi connectivity index (χ1n) is 10.4. The SMILES string of the molecule is c1ccc(-c2c(-c3ccccc3)c3ccccn3c2CN2CCCCC2)cc1. The first-order chi connectivity index (χ1) is 13.9. The molecule has 0 spiro atoms. The molecule has 5 rings (SSSR count). The van der Waals surface area contributed by atoms with Crippen LogP contribution in [0.4, 0.5) is 0 Å². The van der Waals surface area contributed by atoms with Crippen LogP contribution >= 0.6 is 0 Å². The van der Waals surface area contributed by atoms with Crippen LogP contribution in [0.2, 0.25) is 0 Å². The largest absolute Gasteiger partial charge is 0.318 e. The fourth-order valence-corrected chi connectivity index (χ4v) is 4.57. The predicted octanol–water partition coefficient (Wildman–Crippen LogP) is 6.26. The molecule has 2 aromatic heterocycles. The number of hydrogen-bond donors (Lipinski definition) is 0. The third-order valence-electron chi connectivity index (χ3n) is 5.89. The van der Waals surface area contributed by atoms with Crippen LogP contribution in [0.1, 0.15) is 25.0 Å². The van der Waals surface area contributed by atoms with Crippen molar-refractivity contribution in [1.82, 2.24) is 9.30 Å². The lowest BCUT2D eigenvalue weighted by atomic mass is 9.95. The van der Waals surface area contributed by atoms with Gasteiger partial charge in [0, 0.05) is 29.6 Å². The van der Waals surface area contributed by atoms with E-state index in [0.717, 1.165) is 6.54 Å². The van der Waals surface area contributed by atoms with Crippen molar-refractivity contribution in [1.29, 1.82) is 0 Å². The highest BCUT2D eigenvalue weighted by Gasteiger charge is 2.22. The lowest BCUT2D eigenvalue weighted by Crippen LogP contribution is -2.29. The number of rotatable bonds is 4. The second-order valence-corrected chi connectivity index (χ2v) is 7.72. The van der Waals surface area contributed by atoms with Gasteiger partial charge in [-0.05, 0) is 49.2 Å². The third kappa shape index (κ3) is 3.14. The van der Waals surface area contributed by atoms with Crippen LogP contribution < -0.4 is 0 Å². The molecule has 0 bridgehead atoms. The summed E-state index contributed by atoms with van der Waals surface area (Å²) < 4.78 is 2.42. The van der Waals surface area contributed by atoms with Gasteiger partial charge in [-0.15, -0.1) is 0 Å². The summed E-state index contributed by atoms with van der Waals surface area (Å²) in [6, 6.07) is 28.3.